The van der Waals surface area contributed by atoms with E-state index in [9.17, 15) is 9.90 Å². The zero-order valence-electron chi connectivity index (χ0n) is 13.1. The number of hydrogen-bond donors (Lipinski definition) is 3. The van der Waals surface area contributed by atoms with Crippen molar-refractivity contribution in [1.82, 2.24) is 24.9 Å². The lowest BCUT2D eigenvalue weighted by atomic mass is 10.1. The molecule has 9 nitrogen and oxygen atoms in total. The first-order chi connectivity index (χ1) is 11.7. The molecule has 24 heavy (non-hydrogen) atoms. The molecule has 0 spiro atoms. The molecule has 4 rings (SSSR count). The zero-order valence-corrected chi connectivity index (χ0v) is 13.1. The van der Waals surface area contributed by atoms with Crippen LogP contribution < -0.4 is 0 Å². The molecule has 9 heteroatoms. The second-order valence-corrected chi connectivity index (χ2v) is 6.04. The highest BCUT2D eigenvalue weighted by atomic mass is 16.5. The largest absolute Gasteiger partial charge is 0.393 e. The third-order valence-corrected chi connectivity index (χ3v) is 4.52. The Hall–Kier alpha value is -2.23. The summed E-state index contributed by atoms with van der Waals surface area (Å²) in [7, 11) is 0. The third kappa shape index (κ3) is 2.50. The highest BCUT2D eigenvalue weighted by Gasteiger charge is 2.29. The minimum absolute atomic E-state index is 0.130. The Balaban J connectivity index is 1.55. The van der Waals surface area contributed by atoms with Gasteiger partial charge in [-0.05, 0) is 6.07 Å². The normalized spacial score (nSPS) is 18.2. The molecule has 2 aliphatic heterocycles. The standard InChI is InChI=1S/C15H19N5O4/c21-7-13(22)12-5-9-6-19(2-3-20(9)18-12)15(23)14-10-8-24-4-1-11(10)16-17-14/h5,13,21-22H,1-4,6-8H2,(H,16,17)/t13-/m1/s1. The molecule has 0 saturated heterocycles. The van der Waals surface area contributed by atoms with E-state index in [0.717, 1.165) is 23.4 Å². The van der Waals surface area contributed by atoms with E-state index < -0.39 is 6.10 Å². The van der Waals surface area contributed by atoms with E-state index in [4.69, 9.17) is 9.84 Å². The molecular weight excluding hydrogens is 314 g/mol. The number of ether oxygens (including phenoxy) is 1. The van der Waals surface area contributed by atoms with Crippen LogP contribution >= 0.6 is 0 Å². The van der Waals surface area contributed by atoms with Gasteiger partial charge in [0.15, 0.2) is 5.69 Å². The smallest absolute Gasteiger partial charge is 0.275 e. The van der Waals surface area contributed by atoms with E-state index in [1.54, 1.807) is 15.6 Å². The lowest BCUT2D eigenvalue weighted by Gasteiger charge is -2.27. The van der Waals surface area contributed by atoms with E-state index >= 15 is 0 Å². The van der Waals surface area contributed by atoms with Gasteiger partial charge in [-0.2, -0.15) is 10.2 Å². The molecule has 2 aromatic heterocycles. The Morgan fingerprint density at radius 1 is 1.46 bits per heavy atom. The fourth-order valence-corrected chi connectivity index (χ4v) is 3.16. The van der Waals surface area contributed by atoms with Gasteiger partial charge in [0.1, 0.15) is 6.10 Å². The van der Waals surface area contributed by atoms with Crippen molar-refractivity contribution in [2.45, 2.75) is 32.2 Å². The fraction of sp³-hybridized carbons (Fsp3) is 0.533. The van der Waals surface area contributed by atoms with Crippen molar-refractivity contribution in [3.8, 4) is 0 Å². The Morgan fingerprint density at radius 3 is 3.17 bits per heavy atom. The topological polar surface area (TPSA) is 117 Å². The SMILES string of the molecule is O=C(c1n[nH]c2c1COCC2)N1CCn2nc([C@H](O)CO)cc2C1. The quantitative estimate of drug-likeness (QED) is 0.688. The molecule has 0 saturated carbocycles. The molecule has 0 fully saturated rings. The number of nitrogens with one attached hydrogen (secondary N) is 1. The molecule has 3 N–H and O–H groups in total. The van der Waals surface area contributed by atoms with Crippen LogP contribution in [0, 0.1) is 0 Å². The average molecular weight is 333 g/mol. The van der Waals surface area contributed by atoms with Crippen LogP contribution in [0.4, 0.5) is 0 Å². The van der Waals surface area contributed by atoms with Gasteiger partial charge in [-0.3, -0.25) is 14.6 Å². The van der Waals surface area contributed by atoms with Gasteiger partial charge in [0.2, 0.25) is 0 Å². The summed E-state index contributed by atoms with van der Waals surface area (Å²) in [5.41, 5.74) is 3.50. The van der Waals surface area contributed by atoms with Gasteiger partial charge in [-0.1, -0.05) is 0 Å². The van der Waals surface area contributed by atoms with Gasteiger partial charge in [-0.15, -0.1) is 0 Å². The van der Waals surface area contributed by atoms with Crippen LogP contribution in [0.1, 0.15) is 39.2 Å². The molecule has 128 valence electrons. The highest BCUT2D eigenvalue weighted by molar-refractivity contribution is 5.94. The average Bonchev–Trinajstić information content (AvgIpc) is 3.23. The van der Waals surface area contributed by atoms with Gasteiger partial charge in [0.25, 0.3) is 5.91 Å². The number of aliphatic hydroxyl groups excluding tert-OH is 2. The molecule has 4 heterocycles. The Kier molecular flexibility index (Phi) is 3.83. The summed E-state index contributed by atoms with van der Waals surface area (Å²) in [6.45, 7) is 2.13. The van der Waals surface area contributed by atoms with Crippen LogP contribution in [0.25, 0.3) is 0 Å². The molecule has 0 bridgehead atoms. The second kappa shape index (κ2) is 6.00. The fourth-order valence-electron chi connectivity index (χ4n) is 3.16. The van der Waals surface area contributed by atoms with Crippen molar-refractivity contribution in [3.63, 3.8) is 0 Å². The summed E-state index contributed by atoms with van der Waals surface area (Å²) < 4.78 is 7.20. The molecular formula is C15H19N5O4. The van der Waals surface area contributed by atoms with Crippen LogP contribution in [0.5, 0.6) is 0 Å². The van der Waals surface area contributed by atoms with Crippen LogP contribution in [-0.2, 0) is 30.9 Å². The summed E-state index contributed by atoms with van der Waals surface area (Å²) in [4.78, 5) is 14.5. The first-order valence-corrected chi connectivity index (χ1v) is 7.96. The lowest BCUT2D eigenvalue weighted by Crippen LogP contribution is -2.39. The van der Waals surface area contributed by atoms with Gasteiger partial charge in [-0.25, -0.2) is 0 Å². The summed E-state index contributed by atoms with van der Waals surface area (Å²) in [6.07, 6.45) is -0.257. The maximum Gasteiger partial charge on any atom is 0.275 e. The van der Waals surface area contributed by atoms with Crippen molar-refractivity contribution < 1.29 is 19.7 Å². The summed E-state index contributed by atoms with van der Waals surface area (Å²) in [5.74, 6) is -0.130. The Bertz CT molecular complexity index is 768. The van der Waals surface area contributed by atoms with E-state index in [1.165, 1.54) is 0 Å². The van der Waals surface area contributed by atoms with Crippen molar-refractivity contribution >= 4 is 5.91 Å². The number of aromatic nitrogens is 4. The second-order valence-electron chi connectivity index (χ2n) is 6.04. The van der Waals surface area contributed by atoms with Gasteiger partial charge >= 0.3 is 0 Å². The van der Waals surface area contributed by atoms with Crippen LogP contribution in [0.15, 0.2) is 6.07 Å². The van der Waals surface area contributed by atoms with E-state index in [2.05, 4.69) is 15.3 Å². The first kappa shape index (κ1) is 15.3. The summed E-state index contributed by atoms with van der Waals surface area (Å²) in [5, 5.41) is 30.1. The minimum Gasteiger partial charge on any atom is -0.393 e. The highest BCUT2D eigenvalue weighted by Crippen LogP contribution is 2.23. The van der Waals surface area contributed by atoms with Gasteiger partial charge in [0, 0.05) is 24.2 Å². The van der Waals surface area contributed by atoms with Crippen LogP contribution in [-0.4, -0.2) is 60.8 Å². The number of fused-ring (bicyclic) bond motifs is 2. The van der Waals surface area contributed by atoms with Crippen molar-refractivity contribution in [2.24, 2.45) is 0 Å². The third-order valence-electron chi connectivity index (χ3n) is 4.52. The van der Waals surface area contributed by atoms with Crippen molar-refractivity contribution in [2.75, 3.05) is 19.8 Å². The number of aliphatic hydroxyl groups is 2. The number of rotatable bonds is 3. The Morgan fingerprint density at radius 2 is 2.33 bits per heavy atom. The number of hydrogen-bond acceptors (Lipinski definition) is 6. The predicted molar refractivity (Wildman–Crippen MR) is 81.0 cm³/mol. The van der Waals surface area contributed by atoms with Gasteiger partial charge in [0.05, 0.1) is 44.3 Å². The predicted octanol–water partition coefficient (Wildman–Crippen LogP) is -0.639. The number of aromatic amines is 1. The lowest BCUT2D eigenvalue weighted by molar-refractivity contribution is 0.0686. The molecule has 1 amide bonds. The molecule has 0 aromatic carbocycles. The maximum absolute atomic E-state index is 12.8. The molecule has 2 aliphatic rings. The summed E-state index contributed by atoms with van der Waals surface area (Å²) >= 11 is 0. The number of nitrogens with zero attached hydrogens (tertiary/aromatic N) is 4. The number of carbonyl (C=O) groups excluding carboxylic acids is 1. The monoisotopic (exact) mass is 333 g/mol. The van der Waals surface area contributed by atoms with Crippen molar-refractivity contribution in [1.29, 1.82) is 0 Å². The molecule has 0 radical (unpaired) electrons. The number of carbonyl (C=O) groups is 1. The van der Waals surface area contributed by atoms with E-state index in [-0.39, 0.29) is 12.5 Å². The molecule has 0 aliphatic carbocycles. The first-order valence-electron chi connectivity index (χ1n) is 7.96. The summed E-state index contributed by atoms with van der Waals surface area (Å²) in [6, 6.07) is 1.73. The van der Waals surface area contributed by atoms with Crippen LogP contribution in [0.3, 0.4) is 0 Å². The van der Waals surface area contributed by atoms with E-state index in [0.29, 0.717) is 44.2 Å². The van der Waals surface area contributed by atoms with Gasteiger partial charge < -0.3 is 19.8 Å². The number of H-pyrrole nitrogens is 1. The maximum atomic E-state index is 12.8. The zero-order chi connectivity index (χ0) is 16.7. The molecule has 2 aromatic rings. The number of amides is 1. The molecule has 1 atom stereocenters. The minimum atomic E-state index is -0.997. The molecule has 0 unspecified atom stereocenters. The van der Waals surface area contributed by atoms with E-state index in [1.807, 2.05) is 0 Å². The Labute approximate surface area is 137 Å². The van der Waals surface area contributed by atoms with Crippen molar-refractivity contribution in [3.05, 3.63) is 34.4 Å². The van der Waals surface area contributed by atoms with Crippen LogP contribution in [0.2, 0.25) is 0 Å².